The SMILES string of the molecule is CC(Oc1ccc(CCCO)cc1)C(=O)COc1ccc(C(=O)OC(C)(C)C)cc1. The summed E-state index contributed by atoms with van der Waals surface area (Å²) < 4.78 is 16.5. The van der Waals surface area contributed by atoms with E-state index in [4.69, 9.17) is 19.3 Å². The summed E-state index contributed by atoms with van der Waals surface area (Å²) in [7, 11) is 0. The predicted octanol–water partition coefficient (Wildman–Crippen LogP) is 3.98. The van der Waals surface area contributed by atoms with E-state index in [1.807, 2.05) is 45.0 Å². The third-order valence-corrected chi connectivity index (χ3v) is 4.18. The molecule has 2 aromatic carbocycles. The summed E-state index contributed by atoms with van der Waals surface area (Å²) in [6.45, 7) is 7.13. The van der Waals surface area contributed by atoms with Crippen LogP contribution in [-0.2, 0) is 16.0 Å². The van der Waals surface area contributed by atoms with Gasteiger partial charge in [0.25, 0.3) is 0 Å². The lowest BCUT2D eigenvalue weighted by Crippen LogP contribution is -2.28. The third-order valence-electron chi connectivity index (χ3n) is 4.18. The van der Waals surface area contributed by atoms with Gasteiger partial charge in [0.2, 0.25) is 5.78 Å². The van der Waals surface area contributed by atoms with Gasteiger partial charge in [0.15, 0.2) is 12.7 Å². The van der Waals surface area contributed by atoms with Gasteiger partial charge in [-0.05, 0) is 82.5 Å². The van der Waals surface area contributed by atoms with Crippen molar-refractivity contribution in [3.05, 3.63) is 59.7 Å². The number of ether oxygens (including phenoxy) is 3. The fourth-order valence-corrected chi connectivity index (χ4v) is 2.58. The molecule has 1 atom stereocenters. The van der Waals surface area contributed by atoms with Crippen molar-refractivity contribution in [2.45, 2.75) is 52.2 Å². The van der Waals surface area contributed by atoms with Crippen LogP contribution < -0.4 is 9.47 Å². The van der Waals surface area contributed by atoms with Gasteiger partial charge in [-0.2, -0.15) is 0 Å². The second-order valence-corrected chi connectivity index (χ2v) is 8.01. The van der Waals surface area contributed by atoms with Crippen molar-refractivity contribution in [1.82, 2.24) is 0 Å². The summed E-state index contributed by atoms with van der Waals surface area (Å²) >= 11 is 0. The molecule has 0 spiro atoms. The largest absolute Gasteiger partial charge is 0.486 e. The van der Waals surface area contributed by atoms with Gasteiger partial charge >= 0.3 is 5.97 Å². The second kappa shape index (κ2) is 10.8. The Bertz CT molecular complexity index is 818. The molecule has 0 heterocycles. The predicted molar refractivity (Wildman–Crippen MR) is 114 cm³/mol. The third kappa shape index (κ3) is 7.87. The number of esters is 1. The van der Waals surface area contributed by atoms with Gasteiger partial charge in [0, 0.05) is 6.61 Å². The second-order valence-electron chi connectivity index (χ2n) is 8.01. The number of benzene rings is 2. The molecule has 6 nitrogen and oxygen atoms in total. The summed E-state index contributed by atoms with van der Waals surface area (Å²) in [4.78, 5) is 24.3. The molecular weight excluding hydrogens is 384 g/mol. The fourth-order valence-electron chi connectivity index (χ4n) is 2.58. The van der Waals surface area contributed by atoms with E-state index in [1.54, 1.807) is 31.2 Å². The summed E-state index contributed by atoms with van der Waals surface area (Å²) in [6.07, 6.45) is 0.853. The molecule has 6 heteroatoms. The van der Waals surface area contributed by atoms with E-state index in [-0.39, 0.29) is 19.0 Å². The van der Waals surface area contributed by atoms with Crippen molar-refractivity contribution >= 4 is 11.8 Å². The van der Waals surface area contributed by atoms with E-state index in [0.717, 1.165) is 12.0 Å². The smallest absolute Gasteiger partial charge is 0.338 e. The number of hydrogen-bond acceptors (Lipinski definition) is 6. The minimum Gasteiger partial charge on any atom is -0.486 e. The maximum atomic E-state index is 12.3. The first-order valence-corrected chi connectivity index (χ1v) is 10.0. The van der Waals surface area contributed by atoms with Crippen LogP contribution in [0.3, 0.4) is 0 Å². The van der Waals surface area contributed by atoms with Crippen LogP contribution in [0.25, 0.3) is 0 Å². The van der Waals surface area contributed by atoms with Gasteiger partial charge in [-0.1, -0.05) is 12.1 Å². The Morgan fingerprint density at radius 3 is 2.13 bits per heavy atom. The van der Waals surface area contributed by atoms with Gasteiger partial charge < -0.3 is 19.3 Å². The van der Waals surface area contributed by atoms with Crippen LogP contribution in [0.15, 0.2) is 48.5 Å². The molecule has 0 aromatic heterocycles. The first-order valence-electron chi connectivity index (χ1n) is 10.0. The monoisotopic (exact) mass is 414 g/mol. The van der Waals surface area contributed by atoms with Gasteiger partial charge in [-0.15, -0.1) is 0 Å². The number of carbonyl (C=O) groups is 2. The van der Waals surface area contributed by atoms with Crippen molar-refractivity contribution in [3.8, 4) is 11.5 Å². The van der Waals surface area contributed by atoms with Crippen LogP contribution in [0, 0.1) is 0 Å². The van der Waals surface area contributed by atoms with Gasteiger partial charge in [-0.3, -0.25) is 4.79 Å². The zero-order chi connectivity index (χ0) is 22.1. The maximum absolute atomic E-state index is 12.3. The minimum atomic E-state index is -0.658. The van der Waals surface area contributed by atoms with Crippen molar-refractivity contribution < 1.29 is 28.9 Å². The summed E-state index contributed by atoms with van der Waals surface area (Å²) in [5.41, 5.74) is 0.963. The number of Topliss-reactive ketones (excluding diaryl/α,β-unsaturated/α-hetero) is 1. The number of aliphatic hydroxyl groups is 1. The highest BCUT2D eigenvalue weighted by molar-refractivity contribution is 5.89. The van der Waals surface area contributed by atoms with E-state index in [2.05, 4.69) is 0 Å². The van der Waals surface area contributed by atoms with Crippen molar-refractivity contribution in [2.24, 2.45) is 0 Å². The van der Waals surface area contributed by atoms with Crippen LogP contribution >= 0.6 is 0 Å². The molecule has 0 aliphatic rings. The zero-order valence-corrected chi connectivity index (χ0v) is 18.0. The van der Waals surface area contributed by atoms with Crippen LogP contribution in [0.2, 0.25) is 0 Å². The highest BCUT2D eigenvalue weighted by Gasteiger charge is 2.18. The number of carbonyl (C=O) groups excluding carboxylic acids is 2. The molecule has 2 aromatic rings. The van der Waals surface area contributed by atoms with Crippen LogP contribution in [0.1, 0.15) is 50.0 Å². The van der Waals surface area contributed by atoms with Crippen molar-refractivity contribution in [3.63, 3.8) is 0 Å². The lowest BCUT2D eigenvalue weighted by Gasteiger charge is -2.19. The molecule has 0 bridgehead atoms. The molecular formula is C24H30O6. The Morgan fingerprint density at radius 1 is 0.967 bits per heavy atom. The molecule has 0 saturated carbocycles. The van der Waals surface area contributed by atoms with E-state index in [0.29, 0.717) is 23.5 Å². The Labute approximate surface area is 177 Å². The van der Waals surface area contributed by atoms with Crippen LogP contribution in [0.5, 0.6) is 11.5 Å². The van der Waals surface area contributed by atoms with E-state index in [9.17, 15) is 9.59 Å². The van der Waals surface area contributed by atoms with Crippen LogP contribution in [0.4, 0.5) is 0 Å². The molecule has 0 amide bonds. The van der Waals surface area contributed by atoms with Gasteiger partial charge in [0.1, 0.15) is 17.1 Å². The topological polar surface area (TPSA) is 82.1 Å². The molecule has 2 rings (SSSR count). The zero-order valence-electron chi connectivity index (χ0n) is 18.0. The molecule has 0 saturated heterocycles. The molecule has 0 aliphatic heterocycles. The molecule has 0 radical (unpaired) electrons. The number of rotatable bonds is 10. The van der Waals surface area contributed by atoms with Crippen LogP contribution in [-0.4, -0.2) is 41.8 Å². The highest BCUT2D eigenvalue weighted by atomic mass is 16.6. The quantitative estimate of drug-likeness (QED) is 0.592. The lowest BCUT2D eigenvalue weighted by atomic mass is 10.1. The average Bonchev–Trinajstić information content (AvgIpc) is 2.70. The van der Waals surface area contributed by atoms with Crippen molar-refractivity contribution in [1.29, 1.82) is 0 Å². The molecule has 0 aliphatic carbocycles. The highest BCUT2D eigenvalue weighted by Crippen LogP contribution is 2.18. The van der Waals surface area contributed by atoms with E-state index >= 15 is 0 Å². The molecule has 1 N–H and O–H groups in total. The number of hydrogen-bond donors (Lipinski definition) is 1. The Morgan fingerprint density at radius 2 is 1.57 bits per heavy atom. The molecule has 1 unspecified atom stereocenters. The number of aryl methyl sites for hydroxylation is 1. The van der Waals surface area contributed by atoms with Gasteiger partial charge in [-0.25, -0.2) is 4.79 Å². The average molecular weight is 414 g/mol. The Balaban J connectivity index is 1.82. The van der Waals surface area contributed by atoms with Gasteiger partial charge in [0.05, 0.1) is 5.56 Å². The Hall–Kier alpha value is -2.86. The molecule has 162 valence electrons. The number of ketones is 1. The summed E-state index contributed by atoms with van der Waals surface area (Å²) in [6, 6.07) is 13.9. The van der Waals surface area contributed by atoms with E-state index in [1.165, 1.54) is 0 Å². The van der Waals surface area contributed by atoms with Crippen molar-refractivity contribution in [2.75, 3.05) is 13.2 Å². The first kappa shape index (κ1) is 23.4. The summed E-state index contributed by atoms with van der Waals surface area (Å²) in [5, 5.41) is 8.88. The standard InChI is InChI=1S/C24H30O6/c1-17(29-21-11-7-18(8-12-21)6-5-15-25)22(26)16-28-20-13-9-19(10-14-20)23(27)30-24(2,3)4/h7-14,17,25H,5-6,15-16H2,1-4H3. The molecule has 0 fully saturated rings. The summed E-state index contributed by atoms with van der Waals surface area (Å²) in [5.74, 6) is 0.478. The fraction of sp³-hybridized carbons (Fsp3) is 0.417. The molecule has 30 heavy (non-hydrogen) atoms. The lowest BCUT2D eigenvalue weighted by molar-refractivity contribution is -0.127. The Kier molecular flexibility index (Phi) is 8.42. The van der Waals surface area contributed by atoms with E-state index < -0.39 is 17.7 Å². The normalized spacial score (nSPS) is 12.2. The first-order chi connectivity index (χ1) is 14.2. The minimum absolute atomic E-state index is 0.137. The number of aliphatic hydroxyl groups excluding tert-OH is 1. The maximum Gasteiger partial charge on any atom is 0.338 e.